The second-order valence-corrected chi connectivity index (χ2v) is 5.70. The number of amides is 1. The maximum absolute atomic E-state index is 11.8. The molecule has 0 saturated carbocycles. The van der Waals surface area contributed by atoms with Gasteiger partial charge in [-0.1, -0.05) is 17.7 Å². The Kier molecular flexibility index (Phi) is 2.43. The van der Waals surface area contributed by atoms with E-state index in [-0.39, 0.29) is 0 Å². The molecule has 2 heterocycles. The average Bonchev–Trinajstić information content (AvgIpc) is 2.51. The third-order valence-corrected chi connectivity index (χ3v) is 4.70. The monoisotopic (exact) mass is 233 g/mol. The summed E-state index contributed by atoms with van der Waals surface area (Å²) in [7, 11) is 0. The van der Waals surface area contributed by atoms with Crippen molar-refractivity contribution < 1.29 is 4.79 Å². The first kappa shape index (κ1) is 10.2. The quantitative estimate of drug-likeness (QED) is 0.686. The molecule has 16 heavy (non-hydrogen) atoms. The number of nitrogens with zero attached hydrogens (tertiary/aromatic N) is 1. The van der Waals surface area contributed by atoms with Crippen LogP contribution < -0.4 is 0 Å². The molecular formula is C13H15NOS. The van der Waals surface area contributed by atoms with Crippen molar-refractivity contribution in [3.05, 3.63) is 29.3 Å². The van der Waals surface area contributed by atoms with Crippen molar-refractivity contribution in [3.63, 3.8) is 0 Å². The lowest BCUT2D eigenvalue weighted by atomic mass is 10.1. The first-order valence-corrected chi connectivity index (χ1v) is 6.74. The first-order valence-electron chi connectivity index (χ1n) is 5.76. The second-order valence-electron chi connectivity index (χ2n) is 4.64. The van der Waals surface area contributed by atoms with E-state index < -0.39 is 0 Å². The fourth-order valence-electron chi connectivity index (χ4n) is 2.53. The van der Waals surface area contributed by atoms with E-state index in [1.54, 1.807) is 0 Å². The first-order chi connectivity index (χ1) is 7.74. The zero-order valence-electron chi connectivity index (χ0n) is 9.40. The van der Waals surface area contributed by atoms with Crippen LogP contribution in [0.1, 0.15) is 24.0 Å². The van der Waals surface area contributed by atoms with Crippen LogP contribution in [0.3, 0.4) is 0 Å². The second kappa shape index (κ2) is 3.81. The molecule has 0 N–H and O–H groups in total. The van der Waals surface area contributed by atoms with Gasteiger partial charge in [0.1, 0.15) is 0 Å². The van der Waals surface area contributed by atoms with Gasteiger partial charge in [0.05, 0.1) is 0 Å². The lowest BCUT2D eigenvalue weighted by Crippen LogP contribution is -2.32. The third-order valence-electron chi connectivity index (χ3n) is 3.44. The Morgan fingerprint density at radius 3 is 3.19 bits per heavy atom. The van der Waals surface area contributed by atoms with E-state index >= 15 is 0 Å². The van der Waals surface area contributed by atoms with E-state index in [1.165, 1.54) is 16.0 Å². The minimum Gasteiger partial charge on any atom is -0.334 e. The molecule has 0 bridgehead atoms. The molecule has 2 aliphatic heterocycles. The number of aryl methyl sites for hydroxylation is 1. The van der Waals surface area contributed by atoms with Crippen LogP contribution in [0.15, 0.2) is 23.1 Å². The highest BCUT2D eigenvalue weighted by Gasteiger charge is 2.33. The summed E-state index contributed by atoms with van der Waals surface area (Å²) in [6.07, 6.45) is 1.78. The van der Waals surface area contributed by atoms with Gasteiger partial charge in [0.2, 0.25) is 5.91 Å². The van der Waals surface area contributed by atoms with Crippen molar-refractivity contribution in [3.8, 4) is 0 Å². The molecule has 0 radical (unpaired) electrons. The summed E-state index contributed by atoms with van der Waals surface area (Å²) in [5, 5.41) is 0. The van der Waals surface area contributed by atoms with Crippen molar-refractivity contribution in [2.75, 3.05) is 5.75 Å². The van der Waals surface area contributed by atoms with Gasteiger partial charge in [-0.2, -0.15) is 0 Å². The Bertz CT molecular complexity index is 444. The summed E-state index contributed by atoms with van der Waals surface area (Å²) in [4.78, 5) is 15.2. The van der Waals surface area contributed by atoms with E-state index in [9.17, 15) is 4.79 Å². The summed E-state index contributed by atoms with van der Waals surface area (Å²) in [5.41, 5.74) is 2.60. The highest BCUT2D eigenvalue weighted by Crippen LogP contribution is 2.34. The van der Waals surface area contributed by atoms with Crippen LogP contribution in [-0.4, -0.2) is 22.6 Å². The maximum Gasteiger partial charge on any atom is 0.223 e. The molecule has 0 aliphatic carbocycles. The topological polar surface area (TPSA) is 20.3 Å². The normalized spacial score (nSPS) is 23.9. The van der Waals surface area contributed by atoms with Gasteiger partial charge in [-0.05, 0) is 25.0 Å². The van der Waals surface area contributed by atoms with Crippen LogP contribution in [0.25, 0.3) is 0 Å². The van der Waals surface area contributed by atoms with E-state index in [0.29, 0.717) is 11.9 Å². The van der Waals surface area contributed by atoms with Crippen molar-refractivity contribution in [1.82, 2.24) is 4.90 Å². The number of thioether (sulfide) groups is 1. The van der Waals surface area contributed by atoms with Crippen LogP contribution in [-0.2, 0) is 11.3 Å². The molecule has 1 unspecified atom stereocenters. The molecule has 0 aromatic heterocycles. The smallest absolute Gasteiger partial charge is 0.223 e. The molecule has 2 aliphatic rings. The number of carbonyl (C=O) groups is 1. The van der Waals surface area contributed by atoms with Crippen LogP contribution >= 0.6 is 11.8 Å². The van der Waals surface area contributed by atoms with Crippen molar-refractivity contribution >= 4 is 17.7 Å². The summed E-state index contributed by atoms with van der Waals surface area (Å²) in [6.45, 7) is 2.92. The minimum atomic E-state index is 0.333. The lowest BCUT2D eigenvalue weighted by molar-refractivity contribution is -0.129. The van der Waals surface area contributed by atoms with Crippen LogP contribution in [0, 0.1) is 6.92 Å². The van der Waals surface area contributed by atoms with Crippen LogP contribution in [0.5, 0.6) is 0 Å². The van der Waals surface area contributed by atoms with Crippen LogP contribution in [0.4, 0.5) is 0 Å². The standard InChI is InChI=1S/C13H15NOS/c1-9-2-4-12-10(6-9)7-14-11(8-16-12)3-5-13(14)15/h2,4,6,11H,3,5,7-8H2,1H3. The molecule has 1 saturated heterocycles. The number of hydrogen-bond acceptors (Lipinski definition) is 2. The summed E-state index contributed by atoms with van der Waals surface area (Å²) in [5.74, 6) is 1.39. The van der Waals surface area contributed by atoms with Crippen LogP contribution in [0.2, 0.25) is 0 Å². The van der Waals surface area contributed by atoms with E-state index in [2.05, 4.69) is 30.0 Å². The highest BCUT2D eigenvalue weighted by molar-refractivity contribution is 7.99. The van der Waals surface area contributed by atoms with Gasteiger partial charge in [-0.15, -0.1) is 11.8 Å². The van der Waals surface area contributed by atoms with Gasteiger partial charge >= 0.3 is 0 Å². The molecule has 1 atom stereocenters. The van der Waals surface area contributed by atoms with Gasteiger partial charge in [0.25, 0.3) is 0 Å². The summed E-state index contributed by atoms with van der Waals surface area (Å²) in [6, 6.07) is 7.03. The van der Waals surface area contributed by atoms with Gasteiger partial charge in [0.15, 0.2) is 0 Å². The fraction of sp³-hybridized carbons (Fsp3) is 0.462. The zero-order valence-corrected chi connectivity index (χ0v) is 10.2. The predicted octanol–water partition coefficient (Wildman–Crippen LogP) is 2.59. The summed E-state index contributed by atoms with van der Waals surface area (Å²) >= 11 is 1.90. The largest absolute Gasteiger partial charge is 0.334 e. The SMILES string of the molecule is Cc1ccc2c(c1)CN1C(=O)CCC1CS2. The predicted molar refractivity (Wildman–Crippen MR) is 65.5 cm³/mol. The van der Waals surface area contributed by atoms with Gasteiger partial charge in [0, 0.05) is 29.7 Å². The lowest BCUT2D eigenvalue weighted by Gasteiger charge is -2.21. The molecule has 1 amide bonds. The van der Waals surface area contributed by atoms with E-state index in [1.807, 2.05) is 11.8 Å². The molecule has 1 aromatic rings. The fourth-order valence-corrected chi connectivity index (χ4v) is 3.72. The van der Waals surface area contributed by atoms with Gasteiger partial charge in [-0.3, -0.25) is 4.79 Å². The number of fused-ring (bicyclic) bond motifs is 2. The Labute approximate surface area is 100 Å². The highest BCUT2D eigenvalue weighted by atomic mass is 32.2. The van der Waals surface area contributed by atoms with Gasteiger partial charge in [-0.25, -0.2) is 0 Å². The molecular weight excluding hydrogens is 218 g/mol. The molecule has 1 fully saturated rings. The third kappa shape index (κ3) is 1.63. The number of rotatable bonds is 0. The van der Waals surface area contributed by atoms with E-state index in [4.69, 9.17) is 0 Å². The number of benzene rings is 1. The van der Waals surface area contributed by atoms with Crippen molar-refractivity contribution in [2.45, 2.75) is 37.2 Å². The number of hydrogen-bond donors (Lipinski definition) is 0. The van der Waals surface area contributed by atoms with E-state index in [0.717, 1.165) is 25.1 Å². The molecule has 3 heteroatoms. The van der Waals surface area contributed by atoms with Gasteiger partial charge < -0.3 is 4.90 Å². The zero-order chi connectivity index (χ0) is 11.1. The van der Waals surface area contributed by atoms with Crippen molar-refractivity contribution in [2.24, 2.45) is 0 Å². The molecule has 1 aromatic carbocycles. The molecule has 84 valence electrons. The Morgan fingerprint density at radius 1 is 1.44 bits per heavy atom. The molecule has 3 rings (SSSR count). The Hall–Kier alpha value is -0.960. The maximum atomic E-state index is 11.8. The Balaban J connectivity index is 1.97. The Morgan fingerprint density at radius 2 is 2.31 bits per heavy atom. The minimum absolute atomic E-state index is 0.333. The molecule has 2 nitrogen and oxygen atoms in total. The average molecular weight is 233 g/mol. The number of carbonyl (C=O) groups excluding carboxylic acids is 1. The van der Waals surface area contributed by atoms with Crippen molar-refractivity contribution in [1.29, 1.82) is 0 Å². The molecule has 0 spiro atoms. The summed E-state index contributed by atoms with van der Waals surface area (Å²) < 4.78 is 0.